The van der Waals surface area contributed by atoms with Crippen LogP contribution in [0, 0.1) is 0 Å². The predicted octanol–water partition coefficient (Wildman–Crippen LogP) is 2.27. The average Bonchev–Trinajstić information content (AvgIpc) is 3.32. The molecule has 0 bridgehead atoms. The SMILES string of the molecule is COc1ccccc1NC(=O)CSc1nnc(NC(=O)c2cn(C)nc2OC)s1. The molecule has 0 unspecified atom stereocenters. The van der Waals surface area contributed by atoms with E-state index in [0.717, 1.165) is 0 Å². The number of thioether (sulfide) groups is 1. The van der Waals surface area contributed by atoms with Crippen molar-refractivity contribution in [1.82, 2.24) is 20.0 Å². The van der Waals surface area contributed by atoms with Gasteiger partial charge in [0.1, 0.15) is 11.3 Å². The molecule has 0 saturated carbocycles. The van der Waals surface area contributed by atoms with Gasteiger partial charge < -0.3 is 14.8 Å². The number of benzene rings is 1. The maximum Gasteiger partial charge on any atom is 0.264 e. The summed E-state index contributed by atoms with van der Waals surface area (Å²) in [5.41, 5.74) is 0.881. The van der Waals surface area contributed by atoms with Gasteiger partial charge in [-0.3, -0.25) is 19.6 Å². The molecule has 2 amide bonds. The Morgan fingerprint density at radius 3 is 2.72 bits per heavy atom. The van der Waals surface area contributed by atoms with Crippen molar-refractivity contribution in [1.29, 1.82) is 0 Å². The predicted molar refractivity (Wildman–Crippen MR) is 110 cm³/mol. The van der Waals surface area contributed by atoms with Crippen molar-refractivity contribution in [3.63, 3.8) is 0 Å². The molecule has 0 saturated heterocycles. The normalized spacial score (nSPS) is 10.4. The van der Waals surface area contributed by atoms with Crippen molar-refractivity contribution in [2.45, 2.75) is 4.34 Å². The molecule has 0 aliphatic rings. The molecule has 10 nitrogen and oxygen atoms in total. The lowest BCUT2D eigenvalue weighted by molar-refractivity contribution is -0.113. The van der Waals surface area contributed by atoms with E-state index in [4.69, 9.17) is 9.47 Å². The smallest absolute Gasteiger partial charge is 0.264 e. The van der Waals surface area contributed by atoms with Crippen LogP contribution in [0.25, 0.3) is 0 Å². The van der Waals surface area contributed by atoms with Gasteiger partial charge in [-0.1, -0.05) is 35.2 Å². The number of hydrogen-bond donors (Lipinski definition) is 2. The molecular formula is C17H18N6O4S2. The van der Waals surface area contributed by atoms with Gasteiger partial charge in [0.25, 0.3) is 5.91 Å². The van der Waals surface area contributed by atoms with Crippen LogP contribution < -0.4 is 20.1 Å². The van der Waals surface area contributed by atoms with Gasteiger partial charge >= 0.3 is 0 Å². The molecule has 0 fully saturated rings. The number of anilines is 2. The van der Waals surface area contributed by atoms with Gasteiger partial charge in [-0.25, -0.2) is 0 Å². The van der Waals surface area contributed by atoms with Gasteiger partial charge in [-0.05, 0) is 12.1 Å². The second-order valence-electron chi connectivity index (χ2n) is 5.59. The first-order chi connectivity index (χ1) is 14.0. The zero-order valence-corrected chi connectivity index (χ0v) is 17.5. The number of aryl methyl sites for hydroxylation is 1. The van der Waals surface area contributed by atoms with E-state index in [1.165, 1.54) is 42.0 Å². The molecule has 1 aromatic carbocycles. The first-order valence-electron chi connectivity index (χ1n) is 8.28. The fourth-order valence-corrected chi connectivity index (χ4v) is 3.87. The quantitative estimate of drug-likeness (QED) is 0.409. The summed E-state index contributed by atoms with van der Waals surface area (Å²) < 4.78 is 12.3. The van der Waals surface area contributed by atoms with Gasteiger partial charge in [0.2, 0.25) is 16.9 Å². The number of nitrogens with zero attached hydrogens (tertiary/aromatic N) is 4. The molecule has 12 heteroatoms. The van der Waals surface area contributed by atoms with Gasteiger partial charge in [-0.15, -0.1) is 15.3 Å². The van der Waals surface area contributed by atoms with Crippen LogP contribution in [0.4, 0.5) is 10.8 Å². The number of carbonyl (C=O) groups excluding carboxylic acids is 2. The number of aromatic nitrogens is 4. The first kappa shape index (κ1) is 20.6. The molecule has 0 spiro atoms. The zero-order valence-electron chi connectivity index (χ0n) is 15.8. The molecule has 3 aromatic rings. The van der Waals surface area contributed by atoms with Crippen LogP contribution in [0.3, 0.4) is 0 Å². The number of methoxy groups -OCH3 is 2. The highest BCUT2D eigenvalue weighted by Crippen LogP contribution is 2.27. The lowest BCUT2D eigenvalue weighted by Gasteiger charge is -2.08. The summed E-state index contributed by atoms with van der Waals surface area (Å²) in [4.78, 5) is 24.5. The molecule has 2 heterocycles. The fourth-order valence-electron chi connectivity index (χ4n) is 2.32. The molecular weight excluding hydrogens is 416 g/mol. The summed E-state index contributed by atoms with van der Waals surface area (Å²) in [6.45, 7) is 0. The number of nitrogens with one attached hydrogen (secondary N) is 2. The minimum absolute atomic E-state index is 0.136. The van der Waals surface area contributed by atoms with Crippen molar-refractivity contribution < 1.29 is 19.1 Å². The van der Waals surface area contributed by atoms with Gasteiger partial charge in [0.05, 0.1) is 25.7 Å². The summed E-state index contributed by atoms with van der Waals surface area (Å²) in [6.07, 6.45) is 1.55. The van der Waals surface area contributed by atoms with E-state index in [-0.39, 0.29) is 23.1 Å². The lowest BCUT2D eigenvalue weighted by atomic mass is 10.3. The van der Waals surface area contributed by atoms with Crippen molar-refractivity contribution in [2.75, 3.05) is 30.6 Å². The van der Waals surface area contributed by atoms with E-state index in [1.54, 1.807) is 25.4 Å². The number of amides is 2. The van der Waals surface area contributed by atoms with Crippen molar-refractivity contribution in [2.24, 2.45) is 7.05 Å². The minimum Gasteiger partial charge on any atom is -0.495 e. The van der Waals surface area contributed by atoms with E-state index in [2.05, 4.69) is 25.9 Å². The van der Waals surface area contributed by atoms with Crippen LogP contribution >= 0.6 is 23.1 Å². The van der Waals surface area contributed by atoms with Crippen LogP contribution in [-0.4, -0.2) is 51.8 Å². The Labute approximate surface area is 174 Å². The first-order valence-corrected chi connectivity index (χ1v) is 10.1. The highest BCUT2D eigenvalue weighted by molar-refractivity contribution is 8.01. The highest BCUT2D eigenvalue weighted by Gasteiger charge is 2.18. The summed E-state index contributed by atoms with van der Waals surface area (Å²) in [5, 5.41) is 17.7. The molecule has 0 aliphatic heterocycles. The topological polar surface area (TPSA) is 120 Å². The molecule has 2 N–H and O–H groups in total. The maximum absolute atomic E-state index is 12.4. The van der Waals surface area contributed by atoms with Crippen molar-refractivity contribution in [3.05, 3.63) is 36.0 Å². The number of hydrogen-bond acceptors (Lipinski definition) is 9. The van der Waals surface area contributed by atoms with Crippen molar-refractivity contribution >= 4 is 45.7 Å². The number of carbonyl (C=O) groups is 2. The van der Waals surface area contributed by atoms with E-state index in [0.29, 0.717) is 20.9 Å². The molecule has 152 valence electrons. The Morgan fingerprint density at radius 1 is 1.17 bits per heavy atom. The Balaban J connectivity index is 1.55. The van der Waals surface area contributed by atoms with Crippen LogP contribution in [0.1, 0.15) is 10.4 Å². The van der Waals surface area contributed by atoms with E-state index >= 15 is 0 Å². The summed E-state index contributed by atoms with van der Waals surface area (Å²) in [5.74, 6) is 0.323. The summed E-state index contributed by atoms with van der Waals surface area (Å²) in [6, 6.07) is 7.15. The second kappa shape index (κ2) is 9.39. The van der Waals surface area contributed by atoms with Gasteiger partial charge in [0.15, 0.2) is 4.34 Å². The Kier molecular flexibility index (Phi) is 6.67. The third kappa shape index (κ3) is 5.23. The second-order valence-corrected chi connectivity index (χ2v) is 7.79. The largest absolute Gasteiger partial charge is 0.495 e. The monoisotopic (exact) mass is 434 g/mol. The maximum atomic E-state index is 12.4. The lowest BCUT2D eigenvalue weighted by Crippen LogP contribution is -2.14. The fraction of sp³-hybridized carbons (Fsp3) is 0.235. The molecule has 0 aliphatic carbocycles. The Morgan fingerprint density at radius 2 is 1.97 bits per heavy atom. The number of ether oxygens (including phenoxy) is 2. The third-order valence-electron chi connectivity index (χ3n) is 3.57. The minimum atomic E-state index is -0.406. The molecule has 2 aromatic heterocycles. The molecule has 0 radical (unpaired) electrons. The molecule has 3 rings (SSSR count). The average molecular weight is 435 g/mol. The highest BCUT2D eigenvalue weighted by atomic mass is 32.2. The van der Waals surface area contributed by atoms with Crippen LogP contribution in [-0.2, 0) is 11.8 Å². The van der Waals surface area contributed by atoms with E-state index in [9.17, 15) is 9.59 Å². The van der Waals surface area contributed by atoms with Crippen LogP contribution in [0.15, 0.2) is 34.8 Å². The van der Waals surface area contributed by atoms with Crippen LogP contribution in [0.5, 0.6) is 11.6 Å². The molecule has 29 heavy (non-hydrogen) atoms. The molecule has 0 atom stereocenters. The summed E-state index contributed by atoms with van der Waals surface area (Å²) in [7, 11) is 4.67. The van der Waals surface area contributed by atoms with Crippen LogP contribution in [0.2, 0.25) is 0 Å². The summed E-state index contributed by atoms with van der Waals surface area (Å²) >= 11 is 2.38. The van der Waals surface area contributed by atoms with Gasteiger partial charge in [0, 0.05) is 13.2 Å². The zero-order chi connectivity index (χ0) is 20.8. The Hall–Kier alpha value is -3.12. The third-order valence-corrected chi connectivity index (χ3v) is 5.54. The standard InChI is InChI=1S/C17H18N6O4S2/c1-23-8-10(15(22-23)27-3)14(25)19-16-20-21-17(29-16)28-9-13(24)18-11-6-4-5-7-12(11)26-2/h4-8H,9H2,1-3H3,(H,18,24)(H,19,20,25). The van der Waals surface area contributed by atoms with Crippen molar-refractivity contribution in [3.8, 4) is 11.6 Å². The Bertz CT molecular complexity index is 1020. The van der Waals surface area contributed by atoms with Gasteiger partial charge in [-0.2, -0.15) is 0 Å². The van der Waals surface area contributed by atoms with E-state index < -0.39 is 5.91 Å². The number of rotatable bonds is 8. The van der Waals surface area contributed by atoms with E-state index in [1.807, 2.05) is 12.1 Å². The number of para-hydroxylation sites is 2.